The number of H-pyrrole nitrogens is 2. The maximum atomic E-state index is 12.9. The van der Waals surface area contributed by atoms with Crippen molar-refractivity contribution in [3.63, 3.8) is 0 Å². The molecule has 2 aromatic heterocycles. The quantitative estimate of drug-likeness (QED) is 0.317. The minimum atomic E-state index is -0.132. The van der Waals surface area contributed by atoms with E-state index in [1.165, 1.54) is 0 Å². The molecule has 0 unspecified atom stereocenters. The Morgan fingerprint density at radius 1 is 1.10 bits per heavy atom. The average molecular weight is 398 g/mol. The summed E-state index contributed by atoms with van der Waals surface area (Å²) in [6.45, 7) is 5.92. The number of carbonyl (C=O) groups excluding carboxylic acids is 1. The summed E-state index contributed by atoms with van der Waals surface area (Å²) in [6, 6.07) is 19.3. The summed E-state index contributed by atoms with van der Waals surface area (Å²) in [7, 11) is 0. The van der Waals surface area contributed by atoms with Crippen molar-refractivity contribution in [2.75, 3.05) is 0 Å². The molecule has 4 rings (SSSR count). The van der Waals surface area contributed by atoms with E-state index in [1.54, 1.807) is 12.3 Å². The van der Waals surface area contributed by atoms with E-state index in [2.05, 4.69) is 21.5 Å². The first kappa shape index (κ1) is 19.3. The van der Waals surface area contributed by atoms with Gasteiger partial charge in [0.05, 0.1) is 23.3 Å². The minimum absolute atomic E-state index is 0.132. The molecule has 6 heteroatoms. The molecule has 2 heterocycles. The molecule has 4 aromatic rings. The van der Waals surface area contributed by atoms with Crippen molar-refractivity contribution in [3.8, 4) is 5.75 Å². The number of ketones is 1. The van der Waals surface area contributed by atoms with Gasteiger partial charge in [0, 0.05) is 10.9 Å². The number of nitrogens with one attached hydrogen (secondary N) is 2. The lowest BCUT2D eigenvalue weighted by molar-refractivity contribution is 0.103. The summed E-state index contributed by atoms with van der Waals surface area (Å²) in [4.78, 5) is 23.2. The number of aromatic amines is 2. The van der Waals surface area contributed by atoms with Gasteiger partial charge in [-0.25, -0.2) is 4.99 Å². The summed E-state index contributed by atoms with van der Waals surface area (Å²) in [5.41, 5.74) is 10.0. The fourth-order valence-electron chi connectivity index (χ4n) is 3.19. The van der Waals surface area contributed by atoms with Crippen molar-refractivity contribution in [1.82, 2.24) is 9.97 Å². The maximum Gasteiger partial charge on any atom is 0.225 e. The molecule has 150 valence electrons. The number of ether oxygens (including phenoxy) is 1. The molecule has 4 N–H and O–H groups in total. The number of benzene rings is 2. The third-order valence-electron chi connectivity index (χ3n) is 4.74. The third-order valence-corrected chi connectivity index (χ3v) is 4.74. The smallest absolute Gasteiger partial charge is 0.225 e. The van der Waals surface area contributed by atoms with Gasteiger partial charge in [-0.3, -0.25) is 4.79 Å². The van der Waals surface area contributed by atoms with Crippen molar-refractivity contribution in [2.24, 2.45) is 10.7 Å². The van der Waals surface area contributed by atoms with Gasteiger partial charge in [-0.15, -0.1) is 0 Å². The molecule has 0 spiro atoms. The van der Waals surface area contributed by atoms with E-state index >= 15 is 0 Å². The van der Waals surface area contributed by atoms with Crippen molar-refractivity contribution in [1.29, 1.82) is 0 Å². The van der Waals surface area contributed by atoms with Gasteiger partial charge in [-0.1, -0.05) is 36.9 Å². The van der Waals surface area contributed by atoms with Crippen LogP contribution in [0.1, 0.15) is 33.0 Å². The van der Waals surface area contributed by atoms with Crippen molar-refractivity contribution >= 4 is 22.9 Å². The molecular weight excluding hydrogens is 376 g/mol. The van der Waals surface area contributed by atoms with Crippen LogP contribution in [-0.4, -0.2) is 22.0 Å². The number of aryl methyl sites for hydroxylation is 1. The number of rotatable bonds is 7. The number of hydrogen-bond donors (Lipinski definition) is 3. The number of hydrogen-bond acceptors (Lipinski definition) is 4. The van der Waals surface area contributed by atoms with Crippen LogP contribution in [-0.2, 0) is 6.61 Å². The molecule has 0 aliphatic heterocycles. The van der Waals surface area contributed by atoms with E-state index in [4.69, 9.17) is 10.5 Å². The van der Waals surface area contributed by atoms with Crippen LogP contribution in [0.4, 0.5) is 0 Å². The highest BCUT2D eigenvalue weighted by molar-refractivity contribution is 6.09. The predicted octanol–water partition coefficient (Wildman–Crippen LogP) is 4.46. The van der Waals surface area contributed by atoms with Gasteiger partial charge in [0.25, 0.3) is 0 Å². The van der Waals surface area contributed by atoms with E-state index < -0.39 is 0 Å². The third kappa shape index (κ3) is 4.17. The summed E-state index contributed by atoms with van der Waals surface area (Å²) < 4.78 is 5.88. The van der Waals surface area contributed by atoms with Crippen LogP contribution in [0, 0.1) is 6.92 Å². The Labute approximate surface area is 174 Å². The lowest BCUT2D eigenvalue weighted by Gasteiger charge is -2.06. The SMILES string of the molecule is C=C(N)/N=C\c1[nH]c(C(=O)c2cc3cc(OCc4ccccc4)ccc3[nH]2)cc1C. The molecule has 0 radical (unpaired) electrons. The molecule has 0 atom stereocenters. The Morgan fingerprint density at radius 2 is 1.87 bits per heavy atom. The summed E-state index contributed by atoms with van der Waals surface area (Å²) in [5, 5.41) is 0.911. The Hall–Kier alpha value is -4.06. The Bertz CT molecular complexity index is 1250. The van der Waals surface area contributed by atoms with E-state index in [1.807, 2.05) is 61.5 Å². The summed E-state index contributed by atoms with van der Waals surface area (Å²) >= 11 is 0. The van der Waals surface area contributed by atoms with Gasteiger partial charge >= 0.3 is 0 Å². The van der Waals surface area contributed by atoms with Gasteiger partial charge < -0.3 is 20.4 Å². The molecule has 0 bridgehead atoms. The minimum Gasteiger partial charge on any atom is -0.489 e. The maximum absolute atomic E-state index is 12.9. The van der Waals surface area contributed by atoms with Crippen molar-refractivity contribution < 1.29 is 9.53 Å². The second-order valence-corrected chi connectivity index (χ2v) is 7.06. The number of nitrogens with two attached hydrogens (primary N) is 1. The lowest BCUT2D eigenvalue weighted by atomic mass is 10.2. The van der Waals surface area contributed by atoms with Crippen LogP contribution in [0.25, 0.3) is 10.9 Å². The highest BCUT2D eigenvalue weighted by Gasteiger charge is 2.16. The first-order chi connectivity index (χ1) is 14.5. The first-order valence-electron chi connectivity index (χ1n) is 9.52. The van der Waals surface area contributed by atoms with Crippen molar-refractivity contribution in [3.05, 3.63) is 101 Å². The topological polar surface area (TPSA) is 96.3 Å². The normalized spacial score (nSPS) is 11.2. The summed E-state index contributed by atoms with van der Waals surface area (Å²) in [6.07, 6.45) is 1.57. The zero-order chi connectivity index (χ0) is 21.1. The zero-order valence-corrected chi connectivity index (χ0v) is 16.6. The predicted molar refractivity (Wildman–Crippen MR) is 119 cm³/mol. The highest BCUT2D eigenvalue weighted by Crippen LogP contribution is 2.24. The zero-order valence-electron chi connectivity index (χ0n) is 16.6. The number of carbonyl (C=O) groups is 1. The van der Waals surface area contributed by atoms with E-state index in [0.717, 1.165) is 33.5 Å². The first-order valence-corrected chi connectivity index (χ1v) is 9.52. The van der Waals surface area contributed by atoms with Gasteiger partial charge in [0.2, 0.25) is 5.78 Å². The fraction of sp³-hybridized carbons (Fsp3) is 0.0833. The van der Waals surface area contributed by atoms with Crippen LogP contribution in [0.3, 0.4) is 0 Å². The second-order valence-electron chi connectivity index (χ2n) is 7.06. The Balaban J connectivity index is 1.54. The van der Waals surface area contributed by atoms with Gasteiger partial charge in [-0.2, -0.15) is 0 Å². The van der Waals surface area contributed by atoms with Gasteiger partial charge in [0.1, 0.15) is 18.2 Å². The highest BCUT2D eigenvalue weighted by atomic mass is 16.5. The molecule has 0 aliphatic rings. The van der Waals surface area contributed by atoms with E-state index in [-0.39, 0.29) is 11.6 Å². The standard InChI is InChI=1S/C24H22N4O2/c1-15-10-21(28-23(15)13-26-16(2)25)24(29)22-12-18-11-19(8-9-20(18)27-22)30-14-17-6-4-3-5-7-17/h3-13,27-28H,2,14,25H2,1H3/b26-13-. The van der Waals surface area contributed by atoms with Crippen LogP contribution < -0.4 is 10.5 Å². The van der Waals surface area contributed by atoms with Crippen LogP contribution >= 0.6 is 0 Å². The van der Waals surface area contributed by atoms with Crippen LogP contribution in [0.5, 0.6) is 5.75 Å². The number of nitrogens with zero attached hydrogens (tertiary/aromatic N) is 1. The van der Waals surface area contributed by atoms with Crippen molar-refractivity contribution in [2.45, 2.75) is 13.5 Å². The molecule has 0 amide bonds. The number of aliphatic imine (C=N–C) groups is 1. The Morgan fingerprint density at radius 3 is 2.63 bits per heavy atom. The molecule has 0 aliphatic carbocycles. The molecule has 0 saturated carbocycles. The van der Waals surface area contributed by atoms with Gasteiger partial charge in [-0.05, 0) is 48.4 Å². The molecule has 0 saturated heterocycles. The number of aromatic nitrogens is 2. The second kappa shape index (κ2) is 8.13. The lowest BCUT2D eigenvalue weighted by Crippen LogP contribution is -2.02. The molecule has 6 nitrogen and oxygen atoms in total. The monoisotopic (exact) mass is 398 g/mol. The molecule has 0 fully saturated rings. The van der Waals surface area contributed by atoms with E-state index in [0.29, 0.717) is 18.0 Å². The fourth-order valence-corrected chi connectivity index (χ4v) is 3.19. The molecule has 2 aromatic carbocycles. The van der Waals surface area contributed by atoms with Crippen LogP contribution in [0.2, 0.25) is 0 Å². The largest absolute Gasteiger partial charge is 0.489 e. The average Bonchev–Trinajstić information content (AvgIpc) is 3.34. The Kier molecular flexibility index (Phi) is 5.22. The van der Waals surface area contributed by atoms with E-state index in [9.17, 15) is 4.79 Å². The number of fused-ring (bicyclic) bond motifs is 1. The molecule has 30 heavy (non-hydrogen) atoms. The van der Waals surface area contributed by atoms with Crippen LogP contribution in [0.15, 0.2) is 78.1 Å². The summed E-state index contributed by atoms with van der Waals surface area (Å²) in [5.74, 6) is 0.825. The van der Waals surface area contributed by atoms with Gasteiger partial charge in [0.15, 0.2) is 0 Å². The molecular formula is C24H22N4O2.